The van der Waals surface area contributed by atoms with E-state index in [-0.39, 0.29) is 12.2 Å². The zero-order valence-electron chi connectivity index (χ0n) is 10.1. The summed E-state index contributed by atoms with van der Waals surface area (Å²) in [4.78, 5) is 20.8. The first-order chi connectivity index (χ1) is 8.22. The smallest absolute Gasteiger partial charge is 0.252 e. The number of nitrogens with zero attached hydrogens (tertiary/aromatic N) is 2. The van der Waals surface area contributed by atoms with Crippen molar-refractivity contribution in [3.8, 4) is 0 Å². The van der Waals surface area contributed by atoms with Gasteiger partial charge in [0.1, 0.15) is 11.6 Å². The average Bonchev–Trinajstić information content (AvgIpc) is 2.77. The van der Waals surface area contributed by atoms with Gasteiger partial charge < -0.3 is 15.0 Å². The van der Waals surface area contributed by atoms with Gasteiger partial charge in [0.15, 0.2) is 0 Å². The fourth-order valence-corrected chi connectivity index (χ4v) is 2.28. The summed E-state index contributed by atoms with van der Waals surface area (Å²) in [6.45, 7) is 4.02. The number of aliphatic hydroxyl groups excluding tert-OH is 1. The molecule has 0 saturated carbocycles. The number of anilines is 1. The van der Waals surface area contributed by atoms with Gasteiger partial charge in [-0.3, -0.25) is 4.79 Å². The van der Waals surface area contributed by atoms with Gasteiger partial charge in [-0.15, -0.1) is 0 Å². The van der Waals surface area contributed by atoms with Crippen molar-refractivity contribution in [3.63, 3.8) is 0 Å². The highest BCUT2D eigenvalue weighted by Crippen LogP contribution is 2.23. The minimum absolute atomic E-state index is 0.0857. The lowest BCUT2D eigenvalue weighted by atomic mass is 10.1. The maximum atomic E-state index is 11.5. The van der Waals surface area contributed by atoms with Crippen LogP contribution in [0.3, 0.4) is 0 Å². The molecule has 0 aromatic carbocycles. The van der Waals surface area contributed by atoms with Crippen LogP contribution >= 0.6 is 0 Å². The number of H-pyrrole nitrogens is 1. The second-order valence-corrected chi connectivity index (χ2v) is 4.52. The Kier molecular flexibility index (Phi) is 3.78. The molecule has 1 saturated heterocycles. The summed E-state index contributed by atoms with van der Waals surface area (Å²) in [5.41, 5.74) is -0.0857. The van der Waals surface area contributed by atoms with E-state index in [1.54, 1.807) is 6.07 Å². The molecule has 94 valence electrons. The molecule has 5 heteroatoms. The van der Waals surface area contributed by atoms with Crippen molar-refractivity contribution in [2.24, 2.45) is 5.92 Å². The highest BCUT2D eigenvalue weighted by Gasteiger charge is 2.23. The van der Waals surface area contributed by atoms with Gasteiger partial charge in [0.05, 0.1) is 0 Å². The van der Waals surface area contributed by atoms with Crippen LogP contribution in [0.4, 0.5) is 5.82 Å². The molecule has 1 aromatic heterocycles. The standard InChI is InChI=1S/C12H19N3O2/c1-2-10-13-11(7-12(17)14-10)15-5-3-9(8-15)4-6-16/h7,9,16H,2-6,8H2,1H3,(H,13,14,17). The number of hydrogen-bond donors (Lipinski definition) is 2. The zero-order chi connectivity index (χ0) is 12.3. The molecule has 1 unspecified atom stereocenters. The monoisotopic (exact) mass is 237 g/mol. The lowest BCUT2D eigenvalue weighted by Crippen LogP contribution is -2.24. The molecule has 1 aromatic rings. The summed E-state index contributed by atoms with van der Waals surface area (Å²) >= 11 is 0. The number of aromatic nitrogens is 2. The van der Waals surface area contributed by atoms with Crippen LogP contribution < -0.4 is 10.5 Å². The highest BCUT2D eigenvalue weighted by molar-refractivity contribution is 5.38. The predicted molar refractivity (Wildman–Crippen MR) is 66.3 cm³/mol. The van der Waals surface area contributed by atoms with Crippen LogP contribution in [0.5, 0.6) is 0 Å². The van der Waals surface area contributed by atoms with Crippen molar-refractivity contribution in [1.29, 1.82) is 0 Å². The Morgan fingerprint density at radius 2 is 2.47 bits per heavy atom. The van der Waals surface area contributed by atoms with Gasteiger partial charge in [-0.05, 0) is 18.8 Å². The molecule has 0 radical (unpaired) electrons. The molecule has 0 bridgehead atoms. The third kappa shape index (κ3) is 2.85. The predicted octanol–water partition coefficient (Wildman–Crippen LogP) is 0.541. The maximum Gasteiger partial charge on any atom is 0.252 e. The van der Waals surface area contributed by atoms with Crippen molar-refractivity contribution in [2.75, 3.05) is 24.6 Å². The van der Waals surface area contributed by atoms with Crippen LogP contribution in [-0.2, 0) is 6.42 Å². The van der Waals surface area contributed by atoms with Crippen molar-refractivity contribution >= 4 is 5.82 Å². The van der Waals surface area contributed by atoms with Crippen LogP contribution in [0.25, 0.3) is 0 Å². The Morgan fingerprint density at radius 3 is 3.18 bits per heavy atom. The highest BCUT2D eigenvalue weighted by atomic mass is 16.3. The number of hydrogen-bond acceptors (Lipinski definition) is 4. The zero-order valence-corrected chi connectivity index (χ0v) is 10.1. The first kappa shape index (κ1) is 12.1. The summed E-state index contributed by atoms with van der Waals surface area (Å²) in [7, 11) is 0. The number of rotatable bonds is 4. The molecule has 2 rings (SSSR count). The third-order valence-corrected chi connectivity index (χ3v) is 3.26. The minimum atomic E-state index is -0.0857. The Morgan fingerprint density at radius 1 is 1.65 bits per heavy atom. The van der Waals surface area contributed by atoms with Crippen LogP contribution in [0.2, 0.25) is 0 Å². The third-order valence-electron chi connectivity index (χ3n) is 3.26. The number of aliphatic hydroxyl groups is 1. The molecular formula is C12H19N3O2. The molecule has 1 fully saturated rings. The lowest BCUT2D eigenvalue weighted by molar-refractivity contribution is 0.263. The molecule has 2 heterocycles. The van der Waals surface area contributed by atoms with E-state index in [0.717, 1.165) is 44.0 Å². The van der Waals surface area contributed by atoms with Crippen molar-refractivity contribution < 1.29 is 5.11 Å². The van der Waals surface area contributed by atoms with E-state index in [1.807, 2.05) is 6.92 Å². The van der Waals surface area contributed by atoms with Gasteiger partial charge in [0, 0.05) is 32.2 Å². The number of aromatic amines is 1. The average molecular weight is 237 g/mol. The molecule has 0 spiro atoms. The fourth-order valence-electron chi connectivity index (χ4n) is 2.28. The van der Waals surface area contributed by atoms with Crippen LogP contribution in [0.15, 0.2) is 10.9 Å². The van der Waals surface area contributed by atoms with Gasteiger partial charge in [-0.2, -0.15) is 0 Å². The van der Waals surface area contributed by atoms with Gasteiger partial charge in [-0.25, -0.2) is 4.98 Å². The van der Waals surface area contributed by atoms with Crippen molar-refractivity contribution in [3.05, 3.63) is 22.2 Å². The SMILES string of the molecule is CCc1nc(N2CCC(CCO)C2)cc(=O)[nH]1. The van der Waals surface area contributed by atoms with Gasteiger partial charge in [-0.1, -0.05) is 6.92 Å². The molecule has 1 atom stereocenters. The summed E-state index contributed by atoms with van der Waals surface area (Å²) in [5, 5.41) is 8.92. The molecule has 2 N–H and O–H groups in total. The van der Waals surface area contributed by atoms with Crippen LogP contribution in [-0.4, -0.2) is 34.8 Å². The quantitative estimate of drug-likeness (QED) is 0.802. The molecular weight excluding hydrogens is 218 g/mol. The van der Waals surface area contributed by atoms with E-state index in [1.165, 1.54) is 0 Å². The fraction of sp³-hybridized carbons (Fsp3) is 0.667. The van der Waals surface area contributed by atoms with Gasteiger partial charge >= 0.3 is 0 Å². The van der Waals surface area contributed by atoms with Crippen LogP contribution in [0.1, 0.15) is 25.6 Å². The van der Waals surface area contributed by atoms with Crippen LogP contribution in [0, 0.1) is 5.92 Å². The van der Waals surface area contributed by atoms with E-state index >= 15 is 0 Å². The second kappa shape index (κ2) is 5.31. The molecule has 0 aliphatic carbocycles. The topological polar surface area (TPSA) is 69.2 Å². The van der Waals surface area contributed by atoms with E-state index in [9.17, 15) is 4.79 Å². The molecule has 1 aliphatic rings. The Bertz CT molecular complexity index is 430. The molecule has 17 heavy (non-hydrogen) atoms. The van der Waals surface area contributed by atoms with Crippen molar-refractivity contribution in [1.82, 2.24) is 9.97 Å². The van der Waals surface area contributed by atoms with Gasteiger partial charge in [0.25, 0.3) is 5.56 Å². The second-order valence-electron chi connectivity index (χ2n) is 4.52. The largest absolute Gasteiger partial charge is 0.396 e. The first-order valence-corrected chi connectivity index (χ1v) is 6.19. The first-order valence-electron chi connectivity index (χ1n) is 6.19. The Balaban J connectivity index is 2.13. The van der Waals surface area contributed by atoms with Crippen molar-refractivity contribution in [2.45, 2.75) is 26.2 Å². The van der Waals surface area contributed by atoms with E-state index < -0.39 is 0 Å². The Hall–Kier alpha value is -1.36. The lowest BCUT2D eigenvalue weighted by Gasteiger charge is -2.17. The number of aryl methyl sites for hydroxylation is 1. The van der Waals surface area contributed by atoms with E-state index in [0.29, 0.717) is 5.92 Å². The number of nitrogens with one attached hydrogen (secondary N) is 1. The molecule has 5 nitrogen and oxygen atoms in total. The molecule has 1 aliphatic heterocycles. The maximum absolute atomic E-state index is 11.5. The minimum Gasteiger partial charge on any atom is -0.396 e. The molecule has 0 amide bonds. The summed E-state index contributed by atoms with van der Waals surface area (Å²) in [6, 6.07) is 1.56. The Labute approximate surface area is 100 Å². The normalized spacial score (nSPS) is 19.9. The summed E-state index contributed by atoms with van der Waals surface area (Å²) in [5.74, 6) is 2.02. The summed E-state index contributed by atoms with van der Waals surface area (Å²) in [6.07, 6.45) is 2.63. The van der Waals surface area contributed by atoms with Gasteiger partial charge in [0.2, 0.25) is 0 Å². The summed E-state index contributed by atoms with van der Waals surface area (Å²) < 4.78 is 0. The van der Waals surface area contributed by atoms with E-state index in [2.05, 4.69) is 14.9 Å². The van der Waals surface area contributed by atoms with E-state index in [4.69, 9.17) is 5.11 Å².